The predicted molar refractivity (Wildman–Crippen MR) is 124 cm³/mol. The molecule has 0 bridgehead atoms. The number of methoxy groups -OCH3 is 1. The molecule has 3 aromatic rings. The van der Waals surface area contributed by atoms with Crippen LogP contribution in [-0.2, 0) is 11.3 Å². The molecule has 1 aromatic carbocycles. The third kappa shape index (κ3) is 5.26. The first-order valence-corrected chi connectivity index (χ1v) is 10.7. The number of pyridine rings is 1. The smallest absolute Gasteiger partial charge is 0.274 e. The van der Waals surface area contributed by atoms with Crippen LogP contribution in [0.4, 0.5) is 5.82 Å². The highest BCUT2D eigenvalue weighted by Crippen LogP contribution is 2.29. The van der Waals surface area contributed by atoms with Gasteiger partial charge >= 0.3 is 0 Å². The van der Waals surface area contributed by atoms with Crippen molar-refractivity contribution < 1.29 is 14.3 Å². The number of imidazole rings is 1. The molecule has 2 heterocycles. The van der Waals surface area contributed by atoms with E-state index in [4.69, 9.17) is 16.3 Å². The molecule has 0 fully saturated rings. The fourth-order valence-corrected chi connectivity index (χ4v) is 3.41. The number of amides is 2. The summed E-state index contributed by atoms with van der Waals surface area (Å²) in [5.74, 6) is 1.12. The third-order valence-corrected chi connectivity index (χ3v) is 5.22. The minimum absolute atomic E-state index is 0.195. The van der Waals surface area contributed by atoms with Gasteiger partial charge in [0.15, 0.2) is 11.5 Å². The lowest BCUT2D eigenvalue weighted by molar-refractivity contribution is -0.105. The second-order valence-corrected chi connectivity index (χ2v) is 7.70. The van der Waals surface area contributed by atoms with E-state index in [0.717, 1.165) is 18.4 Å². The van der Waals surface area contributed by atoms with E-state index in [0.29, 0.717) is 35.2 Å². The fraction of sp³-hybridized carbons (Fsp3) is 0.304. The van der Waals surface area contributed by atoms with Gasteiger partial charge in [-0.2, -0.15) is 0 Å². The zero-order valence-electron chi connectivity index (χ0n) is 18.3. The average molecular weight is 456 g/mol. The molecule has 0 saturated carbocycles. The molecule has 0 spiro atoms. The van der Waals surface area contributed by atoms with Crippen molar-refractivity contribution >= 4 is 29.7 Å². The number of rotatable bonds is 10. The van der Waals surface area contributed by atoms with E-state index in [1.54, 1.807) is 42.0 Å². The van der Waals surface area contributed by atoms with Gasteiger partial charge in [-0.05, 0) is 30.7 Å². The summed E-state index contributed by atoms with van der Waals surface area (Å²) < 4.78 is 7.12. The third-order valence-electron chi connectivity index (χ3n) is 5.00. The Hall–Kier alpha value is -3.39. The second kappa shape index (κ2) is 10.8. The van der Waals surface area contributed by atoms with Crippen LogP contribution in [0.5, 0.6) is 5.75 Å². The van der Waals surface area contributed by atoms with Crippen LogP contribution in [0.25, 0.3) is 11.4 Å². The molecule has 0 aliphatic rings. The van der Waals surface area contributed by atoms with Crippen molar-refractivity contribution in [2.45, 2.75) is 26.3 Å². The zero-order valence-corrected chi connectivity index (χ0v) is 19.1. The summed E-state index contributed by atoms with van der Waals surface area (Å²) in [6.07, 6.45) is 3.90. The SMILES string of the molecule is CCCCN(C)C(=O)c1c(NC=O)nc(-c2cccc(OC)c2)n1Cc1ccc(Cl)cn1. The Morgan fingerprint density at radius 2 is 2.12 bits per heavy atom. The number of carbonyl (C=O) groups is 2. The highest BCUT2D eigenvalue weighted by molar-refractivity contribution is 6.30. The van der Waals surface area contributed by atoms with Crippen molar-refractivity contribution in [3.05, 3.63) is 59.0 Å². The molecule has 0 aliphatic carbocycles. The number of halogens is 1. The highest BCUT2D eigenvalue weighted by Gasteiger charge is 2.26. The summed E-state index contributed by atoms with van der Waals surface area (Å²) in [5, 5.41) is 3.11. The van der Waals surface area contributed by atoms with E-state index in [-0.39, 0.29) is 24.0 Å². The summed E-state index contributed by atoms with van der Waals surface area (Å²) in [6.45, 7) is 2.92. The Kier molecular flexibility index (Phi) is 7.83. The van der Waals surface area contributed by atoms with Crippen LogP contribution < -0.4 is 10.1 Å². The van der Waals surface area contributed by atoms with Crippen molar-refractivity contribution in [2.75, 3.05) is 26.0 Å². The molecular formula is C23H26ClN5O3. The van der Waals surface area contributed by atoms with Gasteiger partial charge in [0, 0.05) is 25.4 Å². The maximum atomic E-state index is 13.4. The maximum Gasteiger partial charge on any atom is 0.274 e. The molecule has 1 N–H and O–H groups in total. The van der Waals surface area contributed by atoms with E-state index < -0.39 is 0 Å². The van der Waals surface area contributed by atoms with E-state index in [2.05, 4.69) is 22.2 Å². The minimum atomic E-state index is -0.238. The number of unbranched alkanes of at least 4 members (excludes halogenated alkanes) is 1. The van der Waals surface area contributed by atoms with Crippen molar-refractivity contribution in [2.24, 2.45) is 0 Å². The lowest BCUT2D eigenvalue weighted by Crippen LogP contribution is -2.30. The Morgan fingerprint density at radius 1 is 1.31 bits per heavy atom. The fourth-order valence-electron chi connectivity index (χ4n) is 3.30. The number of hydrogen-bond acceptors (Lipinski definition) is 5. The summed E-state index contributed by atoms with van der Waals surface area (Å²) in [4.78, 5) is 35.3. The first kappa shape index (κ1) is 23.3. The number of hydrogen-bond donors (Lipinski definition) is 1. The summed E-state index contributed by atoms with van der Waals surface area (Å²) in [5.41, 5.74) is 1.71. The summed E-state index contributed by atoms with van der Waals surface area (Å²) >= 11 is 5.99. The number of nitrogens with one attached hydrogen (secondary N) is 1. The van der Waals surface area contributed by atoms with Gasteiger partial charge in [-0.15, -0.1) is 0 Å². The summed E-state index contributed by atoms with van der Waals surface area (Å²) in [7, 11) is 3.33. The van der Waals surface area contributed by atoms with Crippen molar-refractivity contribution in [3.8, 4) is 17.1 Å². The van der Waals surface area contributed by atoms with Crippen LogP contribution in [0.2, 0.25) is 5.02 Å². The van der Waals surface area contributed by atoms with E-state index in [1.165, 1.54) is 0 Å². The van der Waals surface area contributed by atoms with Gasteiger partial charge in [-0.3, -0.25) is 14.6 Å². The molecule has 2 amide bonds. The second-order valence-electron chi connectivity index (χ2n) is 7.26. The van der Waals surface area contributed by atoms with Gasteiger partial charge in [0.1, 0.15) is 11.6 Å². The van der Waals surface area contributed by atoms with Crippen LogP contribution in [0.1, 0.15) is 35.9 Å². The van der Waals surface area contributed by atoms with Gasteiger partial charge in [-0.1, -0.05) is 37.1 Å². The first-order valence-electron chi connectivity index (χ1n) is 10.3. The molecule has 0 aliphatic heterocycles. The number of benzene rings is 1. The van der Waals surface area contributed by atoms with E-state index in [1.807, 2.05) is 24.3 Å². The Bertz CT molecular complexity index is 1080. The van der Waals surface area contributed by atoms with Crippen LogP contribution >= 0.6 is 11.6 Å². The standard InChI is InChI=1S/C23H26ClN5O3/c1-4-5-11-28(2)23(31)20-21(26-15-30)27-22(16-7-6-8-19(12-16)32-3)29(20)14-18-10-9-17(24)13-25-18/h6-10,12-13,15H,4-5,11,14H2,1-3H3,(H,26,30). The molecule has 9 heteroatoms. The number of anilines is 1. The van der Waals surface area contributed by atoms with Crippen LogP contribution in [0.3, 0.4) is 0 Å². The topological polar surface area (TPSA) is 89.4 Å². The Labute approximate surface area is 192 Å². The van der Waals surface area contributed by atoms with E-state index >= 15 is 0 Å². The molecule has 2 aromatic heterocycles. The molecule has 0 atom stereocenters. The molecule has 168 valence electrons. The Balaban J connectivity index is 2.17. The van der Waals surface area contributed by atoms with Crippen molar-refractivity contribution in [1.82, 2.24) is 19.4 Å². The molecular weight excluding hydrogens is 430 g/mol. The van der Waals surface area contributed by atoms with Crippen LogP contribution in [-0.4, -0.2) is 52.5 Å². The lowest BCUT2D eigenvalue weighted by Gasteiger charge is -2.19. The monoisotopic (exact) mass is 455 g/mol. The molecule has 0 radical (unpaired) electrons. The number of aromatic nitrogens is 3. The average Bonchev–Trinajstić information content (AvgIpc) is 3.16. The number of carbonyl (C=O) groups excluding carboxylic acids is 2. The number of ether oxygens (including phenoxy) is 1. The molecule has 0 unspecified atom stereocenters. The molecule has 0 saturated heterocycles. The Morgan fingerprint density at radius 3 is 2.78 bits per heavy atom. The van der Waals surface area contributed by atoms with Gasteiger partial charge in [0.25, 0.3) is 5.91 Å². The summed E-state index contributed by atoms with van der Waals surface area (Å²) in [6, 6.07) is 10.9. The minimum Gasteiger partial charge on any atom is -0.497 e. The quantitative estimate of drug-likeness (QED) is 0.465. The lowest BCUT2D eigenvalue weighted by atomic mass is 10.2. The van der Waals surface area contributed by atoms with Crippen molar-refractivity contribution in [1.29, 1.82) is 0 Å². The van der Waals surface area contributed by atoms with Gasteiger partial charge < -0.3 is 19.5 Å². The number of nitrogens with zero attached hydrogens (tertiary/aromatic N) is 4. The maximum absolute atomic E-state index is 13.4. The molecule has 8 nitrogen and oxygen atoms in total. The first-order chi connectivity index (χ1) is 15.5. The van der Waals surface area contributed by atoms with Crippen LogP contribution in [0, 0.1) is 0 Å². The van der Waals surface area contributed by atoms with Crippen LogP contribution in [0.15, 0.2) is 42.6 Å². The zero-order chi connectivity index (χ0) is 23.1. The van der Waals surface area contributed by atoms with Gasteiger partial charge in [0.2, 0.25) is 6.41 Å². The normalized spacial score (nSPS) is 10.6. The largest absolute Gasteiger partial charge is 0.497 e. The highest BCUT2D eigenvalue weighted by atomic mass is 35.5. The molecule has 3 rings (SSSR count). The van der Waals surface area contributed by atoms with Crippen molar-refractivity contribution in [3.63, 3.8) is 0 Å². The van der Waals surface area contributed by atoms with Gasteiger partial charge in [-0.25, -0.2) is 4.98 Å². The van der Waals surface area contributed by atoms with Gasteiger partial charge in [0.05, 0.1) is 24.4 Å². The van der Waals surface area contributed by atoms with E-state index in [9.17, 15) is 9.59 Å². The predicted octanol–water partition coefficient (Wildman–Crippen LogP) is 4.10. The molecule has 32 heavy (non-hydrogen) atoms.